The van der Waals surface area contributed by atoms with Crippen molar-refractivity contribution < 1.29 is 4.42 Å². The third-order valence-corrected chi connectivity index (χ3v) is 15.6. The first-order valence-electron chi connectivity index (χ1n) is 24.9. The number of nitrogens with zero attached hydrogens (tertiary/aromatic N) is 2. The van der Waals surface area contributed by atoms with E-state index in [4.69, 9.17) is 4.42 Å². The van der Waals surface area contributed by atoms with Crippen LogP contribution in [0.2, 0.25) is 0 Å². The minimum Gasteiger partial charge on any atom is -0.454 e. The highest BCUT2D eigenvalue weighted by Crippen LogP contribution is 2.51. The Morgan fingerprint density at radius 3 is 1.07 bits per heavy atom. The molecule has 11 aromatic rings. The van der Waals surface area contributed by atoms with Crippen LogP contribution in [0, 0.1) is 0 Å². The Bertz CT molecular complexity index is 3400. The van der Waals surface area contributed by atoms with Crippen molar-refractivity contribution >= 4 is 109 Å². The van der Waals surface area contributed by atoms with E-state index in [1.54, 1.807) is 0 Å². The van der Waals surface area contributed by atoms with Crippen LogP contribution in [0.3, 0.4) is 0 Å². The van der Waals surface area contributed by atoms with Gasteiger partial charge in [0, 0.05) is 65.8 Å². The van der Waals surface area contributed by atoms with Gasteiger partial charge in [-0.3, -0.25) is 0 Å². The maximum atomic E-state index is 7.27. The molecule has 0 bridgehead atoms. The van der Waals surface area contributed by atoms with Crippen molar-refractivity contribution in [3.8, 4) is 0 Å². The smallest absolute Gasteiger partial charge is 0.153 e. The molecule has 2 heterocycles. The van der Waals surface area contributed by atoms with Gasteiger partial charge in [-0.1, -0.05) is 186 Å². The van der Waals surface area contributed by atoms with Crippen molar-refractivity contribution in [3.63, 3.8) is 0 Å². The summed E-state index contributed by atoms with van der Waals surface area (Å²) in [6, 6.07) is 63.8. The number of fused-ring (bicyclic) bond motifs is 11. The highest BCUT2D eigenvalue weighted by Gasteiger charge is 2.26. The number of hydrogen-bond donors (Lipinski definition) is 0. The summed E-state index contributed by atoms with van der Waals surface area (Å²) in [6.07, 6.45) is 0. The van der Waals surface area contributed by atoms with Gasteiger partial charge >= 0.3 is 0 Å². The molecule has 9 aromatic carbocycles. The van der Waals surface area contributed by atoms with Crippen LogP contribution in [0.1, 0.15) is 105 Å². The lowest BCUT2D eigenvalue weighted by Crippen LogP contribution is -2.14. The Kier molecular flexibility index (Phi) is 10.6. The number of hydrogen-bond acceptors (Lipinski definition) is 4. The van der Waals surface area contributed by atoms with Gasteiger partial charge in [0.2, 0.25) is 0 Å². The third kappa shape index (κ3) is 7.82. The van der Waals surface area contributed by atoms with E-state index in [1.165, 1.54) is 64.0 Å². The second-order valence-corrected chi connectivity index (χ2v) is 24.6. The van der Waals surface area contributed by atoms with Crippen LogP contribution in [0.4, 0.5) is 34.1 Å². The monoisotopic (exact) mass is 932 g/mol. The highest BCUT2D eigenvalue weighted by atomic mass is 32.1. The molecule has 0 atom stereocenters. The quantitative estimate of drug-likeness (QED) is 0.166. The lowest BCUT2D eigenvalue weighted by atomic mass is 9.86. The molecule has 11 rings (SSSR count). The molecule has 0 N–H and O–H groups in total. The van der Waals surface area contributed by atoms with E-state index in [2.05, 4.69) is 263 Å². The van der Waals surface area contributed by atoms with Gasteiger partial charge in [-0.2, -0.15) is 0 Å². The Morgan fingerprint density at radius 2 is 0.686 bits per heavy atom. The predicted molar refractivity (Wildman–Crippen MR) is 306 cm³/mol. The van der Waals surface area contributed by atoms with E-state index >= 15 is 0 Å². The molecule has 4 heteroatoms. The number of furan rings is 1. The van der Waals surface area contributed by atoms with Crippen molar-refractivity contribution in [2.24, 2.45) is 0 Å². The lowest BCUT2D eigenvalue weighted by molar-refractivity contribution is 0.590. The second kappa shape index (κ2) is 16.4. The van der Waals surface area contributed by atoms with Gasteiger partial charge in [0.1, 0.15) is 5.58 Å². The van der Waals surface area contributed by atoms with Crippen LogP contribution in [0.5, 0.6) is 0 Å². The molecule has 0 saturated carbocycles. The SMILES string of the molecule is CC(C)(C)c1ccc(N(c2ccc(C(C)(C)C)cc2)c2cc3oc4c(ccc5c4sc4cc(N(c6ccc(C(C)(C)C)cc6)c6ccc(C(C)(C)C)cc6)c6ccccc6c45)c3c3ccccc23)cc1. The number of benzene rings is 9. The van der Waals surface area contributed by atoms with Crippen LogP contribution < -0.4 is 9.80 Å². The van der Waals surface area contributed by atoms with Gasteiger partial charge in [0.15, 0.2) is 5.58 Å². The summed E-state index contributed by atoms with van der Waals surface area (Å²) < 4.78 is 9.67. The molecule has 0 aliphatic rings. The fourth-order valence-corrected chi connectivity index (χ4v) is 11.7. The van der Waals surface area contributed by atoms with E-state index in [-0.39, 0.29) is 21.7 Å². The van der Waals surface area contributed by atoms with Crippen LogP contribution in [0.25, 0.3) is 63.7 Å². The van der Waals surface area contributed by atoms with Crippen LogP contribution in [-0.4, -0.2) is 0 Å². The number of anilines is 6. The molecule has 0 aliphatic carbocycles. The molecular weight excluding hydrogens is 869 g/mol. The van der Waals surface area contributed by atoms with Crippen molar-refractivity contribution in [2.75, 3.05) is 9.80 Å². The standard InChI is InChI=1S/C66H64N2OS/c1-63(2,3)41-21-29-45(30-22-41)67(46-31-23-42(24-32-46)64(4,5)6)55-39-57-59(51-19-15-13-17-49(51)55)53-37-38-54-60-52-20-16-14-18-50(52)56(40-58(60)70-62(54)61(53)69-57)68(47-33-25-43(26-34-47)65(7,8)9)48-35-27-44(28-36-48)66(10,11)12/h13-40H,1-12H3. The maximum absolute atomic E-state index is 7.27. The molecular formula is C66H64N2OS. The topological polar surface area (TPSA) is 19.6 Å². The number of rotatable bonds is 6. The van der Waals surface area contributed by atoms with E-state index in [9.17, 15) is 0 Å². The average molecular weight is 933 g/mol. The highest BCUT2D eigenvalue weighted by molar-refractivity contribution is 7.26. The summed E-state index contributed by atoms with van der Waals surface area (Å²) in [4.78, 5) is 4.87. The van der Waals surface area contributed by atoms with Crippen LogP contribution in [-0.2, 0) is 21.7 Å². The zero-order chi connectivity index (χ0) is 49.1. The molecule has 0 aliphatic heterocycles. The van der Waals surface area contributed by atoms with Gasteiger partial charge in [-0.05, 0) is 115 Å². The Morgan fingerprint density at radius 1 is 0.343 bits per heavy atom. The predicted octanol–water partition coefficient (Wildman–Crippen LogP) is 20.4. The summed E-state index contributed by atoms with van der Waals surface area (Å²) in [5.41, 5.74) is 14.0. The van der Waals surface area contributed by atoms with Crippen LogP contribution >= 0.6 is 11.3 Å². The first kappa shape index (κ1) is 45.6. The fourth-order valence-electron chi connectivity index (χ4n) is 10.4. The first-order chi connectivity index (χ1) is 33.2. The summed E-state index contributed by atoms with van der Waals surface area (Å²) in [5, 5.41) is 9.56. The van der Waals surface area contributed by atoms with Crippen molar-refractivity contribution in [3.05, 3.63) is 192 Å². The molecule has 0 radical (unpaired) electrons. The maximum Gasteiger partial charge on any atom is 0.153 e. The summed E-state index contributed by atoms with van der Waals surface area (Å²) in [7, 11) is 0. The molecule has 350 valence electrons. The molecule has 3 nitrogen and oxygen atoms in total. The van der Waals surface area contributed by atoms with Gasteiger partial charge in [-0.15, -0.1) is 11.3 Å². The minimum atomic E-state index is 0.0412. The van der Waals surface area contributed by atoms with Gasteiger partial charge < -0.3 is 14.2 Å². The minimum absolute atomic E-state index is 0.0412. The zero-order valence-corrected chi connectivity index (χ0v) is 43.7. The molecule has 2 aromatic heterocycles. The average Bonchev–Trinajstić information content (AvgIpc) is 3.90. The molecule has 0 spiro atoms. The molecule has 0 amide bonds. The Labute approximate surface area is 418 Å². The fraction of sp³-hybridized carbons (Fsp3) is 0.242. The normalized spacial score (nSPS) is 12.9. The summed E-state index contributed by atoms with van der Waals surface area (Å²) in [5.74, 6) is 0. The zero-order valence-electron chi connectivity index (χ0n) is 42.9. The first-order valence-corrected chi connectivity index (χ1v) is 25.7. The largest absolute Gasteiger partial charge is 0.454 e. The van der Waals surface area contributed by atoms with E-state index in [0.29, 0.717) is 0 Å². The van der Waals surface area contributed by atoms with Gasteiger partial charge in [0.25, 0.3) is 0 Å². The van der Waals surface area contributed by atoms with Gasteiger partial charge in [0.05, 0.1) is 16.1 Å². The Balaban J connectivity index is 1.13. The Hall–Kier alpha value is -6.88. The molecule has 70 heavy (non-hydrogen) atoms. The third-order valence-electron chi connectivity index (χ3n) is 14.5. The molecule has 0 fully saturated rings. The van der Waals surface area contributed by atoms with E-state index < -0.39 is 0 Å². The summed E-state index contributed by atoms with van der Waals surface area (Å²) >= 11 is 1.84. The number of thiophene rings is 1. The second-order valence-electron chi connectivity index (χ2n) is 23.5. The molecule has 0 saturated heterocycles. The van der Waals surface area contributed by atoms with Crippen molar-refractivity contribution in [1.29, 1.82) is 0 Å². The van der Waals surface area contributed by atoms with E-state index in [0.717, 1.165) is 56.1 Å². The van der Waals surface area contributed by atoms with Crippen LogP contribution in [0.15, 0.2) is 174 Å². The van der Waals surface area contributed by atoms with Gasteiger partial charge in [-0.25, -0.2) is 0 Å². The van der Waals surface area contributed by atoms with Crippen molar-refractivity contribution in [2.45, 2.75) is 105 Å². The van der Waals surface area contributed by atoms with E-state index in [1.807, 2.05) is 11.3 Å². The summed E-state index contributed by atoms with van der Waals surface area (Å²) in [6.45, 7) is 27.3. The lowest BCUT2D eigenvalue weighted by Gasteiger charge is -2.29. The molecule has 0 unspecified atom stereocenters. The van der Waals surface area contributed by atoms with Crippen molar-refractivity contribution in [1.82, 2.24) is 0 Å².